The first kappa shape index (κ1) is 30.2. The van der Waals surface area contributed by atoms with Crippen LogP contribution in [-0.4, -0.2) is 69.8 Å². The molecule has 4 N–H and O–H groups in total. The van der Waals surface area contributed by atoms with Gasteiger partial charge in [0.2, 0.25) is 5.95 Å². The van der Waals surface area contributed by atoms with Crippen LogP contribution in [0.4, 0.5) is 19.1 Å². The van der Waals surface area contributed by atoms with Crippen molar-refractivity contribution in [1.82, 2.24) is 19.5 Å². The van der Waals surface area contributed by atoms with Gasteiger partial charge in [-0.15, -0.1) is 0 Å². The number of ether oxygens (including phenoxy) is 3. The lowest BCUT2D eigenvalue weighted by molar-refractivity contribution is -0.192. The fourth-order valence-corrected chi connectivity index (χ4v) is 5.53. The summed E-state index contributed by atoms with van der Waals surface area (Å²) in [5.74, 6) is 0.393. The summed E-state index contributed by atoms with van der Waals surface area (Å²) < 4.78 is 91.2. The van der Waals surface area contributed by atoms with Crippen LogP contribution in [0.2, 0.25) is 0 Å². The normalized spacial score (nSPS) is 22.2. The molecule has 1 aliphatic rings. The number of nitrogen functional groups attached to an aromatic ring is 1. The van der Waals surface area contributed by atoms with Gasteiger partial charge in [-0.1, -0.05) is 0 Å². The molecule has 4 atom stereocenters. The first-order chi connectivity index (χ1) is 20.5. The van der Waals surface area contributed by atoms with Gasteiger partial charge in [-0.2, -0.15) is 4.98 Å². The molecule has 14 nitrogen and oxygen atoms in total. The number of aliphatic hydroxyl groups excluding tert-OH is 1. The molecule has 5 rings (SSSR count). The summed E-state index contributed by atoms with van der Waals surface area (Å²) in [5, 5.41) is 10.7. The number of alkyl halides is 3. The number of rotatable bonds is 11. The Morgan fingerprint density at radius 1 is 1.07 bits per heavy atom. The lowest BCUT2D eigenvalue weighted by Gasteiger charge is -2.31. The molecule has 18 heteroatoms. The lowest BCUT2D eigenvalue weighted by Crippen LogP contribution is -2.52. The molecule has 0 amide bonds. The number of halogens is 3. The Hall–Kier alpha value is -4.31. The van der Waals surface area contributed by atoms with E-state index in [2.05, 4.69) is 15.0 Å². The number of aromatic nitrogens is 4. The van der Waals surface area contributed by atoms with Crippen LogP contribution in [0.15, 0.2) is 59.7 Å². The van der Waals surface area contributed by atoms with Crippen molar-refractivity contribution >= 4 is 24.9 Å². The van der Waals surface area contributed by atoms with Crippen molar-refractivity contribution in [3.63, 3.8) is 0 Å². The molecular weight excluding hydrogens is 602 g/mol. The van der Waals surface area contributed by atoms with E-state index in [1.807, 2.05) is 0 Å². The fourth-order valence-electron chi connectivity index (χ4n) is 4.27. The predicted molar refractivity (Wildman–Crippen MR) is 143 cm³/mol. The number of benzene rings is 2. The van der Waals surface area contributed by atoms with Crippen molar-refractivity contribution in [2.24, 2.45) is 0 Å². The first-order valence-electron chi connectivity index (χ1n) is 12.4. The molecule has 4 aromatic rings. The molecule has 43 heavy (non-hydrogen) atoms. The van der Waals surface area contributed by atoms with Gasteiger partial charge in [0, 0.05) is 0 Å². The minimum absolute atomic E-state index is 0.0587. The zero-order chi connectivity index (χ0) is 30.9. The monoisotopic (exact) mass is 627 g/mol. The Bertz CT molecular complexity index is 1640. The van der Waals surface area contributed by atoms with Crippen LogP contribution in [0.5, 0.6) is 23.0 Å². The maximum atomic E-state index is 15.5. The van der Waals surface area contributed by atoms with E-state index in [4.69, 9.17) is 33.5 Å². The zero-order valence-electron chi connectivity index (χ0n) is 22.4. The number of methoxy groups -OCH3 is 2. The van der Waals surface area contributed by atoms with E-state index in [1.165, 1.54) is 62.8 Å². The highest BCUT2D eigenvalue weighted by molar-refractivity contribution is 7.49. The smallest absolute Gasteiger partial charge is 0.497 e. The molecule has 0 saturated carbocycles. The third kappa shape index (κ3) is 5.84. The highest BCUT2D eigenvalue weighted by atomic mass is 31.2. The average molecular weight is 627 g/mol. The molecule has 3 heterocycles. The van der Waals surface area contributed by atoms with Gasteiger partial charge in [0.25, 0.3) is 12.0 Å². The summed E-state index contributed by atoms with van der Waals surface area (Å²) >= 11 is 0. The van der Waals surface area contributed by atoms with Gasteiger partial charge in [0.15, 0.2) is 29.2 Å². The van der Waals surface area contributed by atoms with E-state index < -0.39 is 50.5 Å². The van der Waals surface area contributed by atoms with Gasteiger partial charge in [-0.25, -0.2) is 22.7 Å². The van der Waals surface area contributed by atoms with Crippen LogP contribution in [0.3, 0.4) is 0 Å². The number of H-pyrrole nitrogens is 1. The van der Waals surface area contributed by atoms with E-state index >= 15 is 4.39 Å². The fraction of sp³-hybridized carbons (Fsp3) is 0.320. The number of phosphoric acid groups is 1. The number of aromatic amines is 1. The number of hydrogen-bond donors (Lipinski definition) is 3. The Morgan fingerprint density at radius 3 is 2.12 bits per heavy atom. The second kappa shape index (κ2) is 11.8. The molecule has 0 bridgehead atoms. The molecule has 1 aliphatic heterocycles. The number of aliphatic hydroxyl groups is 1. The van der Waals surface area contributed by atoms with Gasteiger partial charge < -0.3 is 34.1 Å². The number of anilines is 1. The van der Waals surface area contributed by atoms with Gasteiger partial charge in [0.05, 0.1) is 27.2 Å². The van der Waals surface area contributed by atoms with Crippen LogP contribution < -0.4 is 29.8 Å². The number of hydrogen-bond acceptors (Lipinski definition) is 12. The summed E-state index contributed by atoms with van der Waals surface area (Å²) in [6.45, 7) is -1.37. The van der Waals surface area contributed by atoms with Crippen LogP contribution in [0.1, 0.15) is 6.23 Å². The number of imidazole rings is 1. The topological polar surface area (TPSA) is 182 Å². The third-order valence-corrected chi connectivity index (χ3v) is 7.82. The van der Waals surface area contributed by atoms with Crippen molar-refractivity contribution in [2.75, 3.05) is 26.6 Å². The Morgan fingerprint density at radius 2 is 1.60 bits per heavy atom. The average Bonchev–Trinajstić information content (AvgIpc) is 3.52. The molecule has 2 aromatic heterocycles. The van der Waals surface area contributed by atoms with E-state index in [1.54, 1.807) is 0 Å². The second-order valence-corrected chi connectivity index (χ2v) is 10.7. The van der Waals surface area contributed by atoms with E-state index in [9.17, 15) is 23.2 Å². The van der Waals surface area contributed by atoms with E-state index in [0.717, 1.165) is 10.9 Å². The van der Waals surface area contributed by atoms with Crippen molar-refractivity contribution in [1.29, 1.82) is 0 Å². The van der Waals surface area contributed by atoms with Crippen LogP contribution in [0.25, 0.3) is 11.2 Å². The van der Waals surface area contributed by atoms with Gasteiger partial charge in [-0.05, 0) is 48.5 Å². The van der Waals surface area contributed by atoms with Crippen molar-refractivity contribution < 1.29 is 50.6 Å². The molecule has 1 fully saturated rings. The van der Waals surface area contributed by atoms with Crippen molar-refractivity contribution in [3.8, 4) is 23.0 Å². The Kier molecular flexibility index (Phi) is 8.25. The standard InChI is InChI=1S/C25H25F3N5O9P/c1-37-13-3-7-15(8-4-13)41-43(36,42-16-9-5-14(38-2)6-10-16)39-11-25(23(27)28)19(34)17(26)22(40-25)33-12-30-18-20(33)31-24(29)32-21(18)35/h3-10,12,17,19,22-23,34H,11H2,1-2H3,(H3,29,31,32,35)/t17-,19+,22-,25-/m1/s1. The van der Waals surface area contributed by atoms with Crippen molar-refractivity contribution in [3.05, 3.63) is 65.2 Å². The molecule has 1 saturated heterocycles. The van der Waals surface area contributed by atoms with Gasteiger partial charge in [0.1, 0.15) is 29.1 Å². The molecule has 0 spiro atoms. The summed E-state index contributed by atoms with van der Waals surface area (Å²) in [5.41, 5.74) is 1.13. The minimum atomic E-state index is -4.85. The number of nitrogens with zero attached hydrogens (tertiary/aromatic N) is 3. The Labute approximate surface area is 240 Å². The highest BCUT2D eigenvalue weighted by Gasteiger charge is 2.62. The van der Waals surface area contributed by atoms with Gasteiger partial charge in [-0.3, -0.25) is 18.9 Å². The quantitative estimate of drug-likeness (QED) is 0.207. The van der Waals surface area contributed by atoms with Crippen LogP contribution >= 0.6 is 7.82 Å². The predicted octanol–water partition coefficient (Wildman–Crippen LogP) is 3.23. The van der Waals surface area contributed by atoms with E-state index in [-0.39, 0.29) is 28.6 Å². The van der Waals surface area contributed by atoms with Gasteiger partial charge >= 0.3 is 7.82 Å². The third-order valence-electron chi connectivity index (χ3n) is 6.51. The lowest BCUT2D eigenvalue weighted by atomic mass is 9.97. The number of nitrogens with two attached hydrogens (primary N) is 1. The molecule has 230 valence electrons. The van der Waals surface area contributed by atoms with E-state index in [0.29, 0.717) is 11.5 Å². The molecule has 2 aromatic carbocycles. The number of fused-ring (bicyclic) bond motifs is 1. The highest BCUT2D eigenvalue weighted by Crippen LogP contribution is 2.53. The molecule has 0 unspecified atom stereocenters. The molecular formula is C25H25F3N5O9P. The zero-order valence-corrected chi connectivity index (χ0v) is 23.3. The number of nitrogens with one attached hydrogen (secondary N) is 1. The first-order valence-corrected chi connectivity index (χ1v) is 13.9. The largest absolute Gasteiger partial charge is 0.587 e. The Balaban J connectivity index is 1.46. The van der Waals surface area contributed by atoms with Crippen LogP contribution in [0, 0.1) is 0 Å². The summed E-state index contributed by atoms with van der Waals surface area (Å²) in [6.07, 6.45) is -9.66. The summed E-state index contributed by atoms with van der Waals surface area (Å²) in [4.78, 5) is 22.0. The minimum Gasteiger partial charge on any atom is -0.497 e. The second-order valence-electron chi connectivity index (χ2n) is 9.18. The summed E-state index contributed by atoms with van der Waals surface area (Å²) in [7, 11) is -2.00. The maximum absolute atomic E-state index is 15.5. The maximum Gasteiger partial charge on any atom is 0.587 e. The van der Waals surface area contributed by atoms with Crippen molar-refractivity contribution in [2.45, 2.75) is 30.5 Å². The molecule has 0 radical (unpaired) electrons. The summed E-state index contributed by atoms with van der Waals surface area (Å²) in [6, 6.07) is 11.3. The SMILES string of the molecule is COc1ccc(OP(=O)(OC[C@@]2(C(F)F)O[C@@H](n3cnc4c(=O)[nH]c(N)nc43)[C@H](F)[C@@H]2O)Oc2ccc(OC)cc2)cc1. The van der Waals surface area contributed by atoms with Crippen LogP contribution in [-0.2, 0) is 13.8 Å². The molecule has 0 aliphatic carbocycles. The number of phosphoric ester groups is 1.